The van der Waals surface area contributed by atoms with Crippen LogP contribution in [0.1, 0.15) is 0 Å². The van der Waals surface area contributed by atoms with Crippen molar-refractivity contribution in [1.29, 1.82) is 0 Å². The third-order valence-corrected chi connectivity index (χ3v) is 1.48. The normalized spacial score (nSPS) is 26.9. The van der Waals surface area contributed by atoms with E-state index < -0.39 is 17.7 Å². The number of carboxylic acids is 1. The molecule has 1 atom stereocenters. The molecule has 0 aromatic rings. The van der Waals surface area contributed by atoms with Crippen LogP contribution in [0.5, 0.6) is 0 Å². The number of hydrogen-bond donors (Lipinski definition) is 3. The van der Waals surface area contributed by atoms with E-state index in [0.717, 1.165) is 6.08 Å². The van der Waals surface area contributed by atoms with E-state index in [1.165, 1.54) is 18.2 Å². The third kappa shape index (κ3) is 1.47. The zero-order chi connectivity index (χ0) is 8.48. The molecule has 0 aromatic heterocycles. The van der Waals surface area contributed by atoms with E-state index >= 15 is 0 Å². The van der Waals surface area contributed by atoms with Crippen LogP contribution in [0, 0.1) is 5.92 Å². The summed E-state index contributed by atoms with van der Waals surface area (Å²) < 4.78 is 0. The zero-order valence-electron chi connectivity index (χ0n) is 5.64. The van der Waals surface area contributed by atoms with E-state index in [0.29, 0.717) is 0 Å². The minimum Gasteiger partial charge on any atom is -0.481 e. The first-order valence-corrected chi connectivity index (χ1v) is 3.07. The molecule has 11 heavy (non-hydrogen) atoms. The Labute approximate surface area is 63.1 Å². The largest absolute Gasteiger partial charge is 0.481 e. The van der Waals surface area contributed by atoms with Gasteiger partial charge in [-0.3, -0.25) is 4.79 Å². The number of aliphatic carboxylic acids is 1. The maximum atomic E-state index is 10.4. The SMILES string of the molecule is O=C(O)C1C=CC=CC1(O)O. The van der Waals surface area contributed by atoms with E-state index in [2.05, 4.69) is 0 Å². The number of allylic oxidation sites excluding steroid dienone is 2. The topological polar surface area (TPSA) is 77.8 Å². The van der Waals surface area contributed by atoms with Gasteiger partial charge in [0.15, 0.2) is 5.79 Å². The quantitative estimate of drug-likeness (QED) is 0.447. The van der Waals surface area contributed by atoms with Gasteiger partial charge < -0.3 is 15.3 Å². The molecule has 1 unspecified atom stereocenters. The highest BCUT2D eigenvalue weighted by Gasteiger charge is 2.36. The van der Waals surface area contributed by atoms with Crippen molar-refractivity contribution >= 4 is 5.97 Å². The maximum absolute atomic E-state index is 10.4. The van der Waals surface area contributed by atoms with Gasteiger partial charge in [0.1, 0.15) is 5.92 Å². The van der Waals surface area contributed by atoms with Crippen LogP contribution >= 0.6 is 0 Å². The van der Waals surface area contributed by atoms with Crippen molar-refractivity contribution in [2.75, 3.05) is 0 Å². The Kier molecular flexibility index (Phi) is 1.80. The summed E-state index contributed by atoms with van der Waals surface area (Å²) in [6, 6.07) is 0. The van der Waals surface area contributed by atoms with E-state index in [4.69, 9.17) is 15.3 Å². The van der Waals surface area contributed by atoms with Gasteiger partial charge >= 0.3 is 5.97 Å². The molecule has 0 amide bonds. The molecule has 60 valence electrons. The van der Waals surface area contributed by atoms with Crippen LogP contribution in [0.4, 0.5) is 0 Å². The molecule has 0 heterocycles. The lowest BCUT2D eigenvalue weighted by Crippen LogP contribution is -2.40. The third-order valence-electron chi connectivity index (χ3n) is 1.48. The van der Waals surface area contributed by atoms with Crippen LogP contribution < -0.4 is 0 Å². The van der Waals surface area contributed by atoms with E-state index in [9.17, 15) is 4.79 Å². The number of carbonyl (C=O) groups is 1. The van der Waals surface area contributed by atoms with Crippen molar-refractivity contribution in [3.05, 3.63) is 24.3 Å². The summed E-state index contributed by atoms with van der Waals surface area (Å²) in [6.07, 6.45) is 5.11. The Morgan fingerprint density at radius 3 is 2.36 bits per heavy atom. The van der Waals surface area contributed by atoms with Gasteiger partial charge in [-0.05, 0) is 6.08 Å². The van der Waals surface area contributed by atoms with Gasteiger partial charge in [-0.15, -0.1) is 0 Å². The minimum absolute atomic E-state index is 1.03. The first kappa shape index (κ1) is 7.97. The van der Waals surface area contributed by atoms with Crippen molar-refractivity contribution in [3.63, 3.8) is 0 Å². The van der Waals surface area contributed by atoms with E-state index in [-0.39, 0.29) is 0 Å². The molecule has 3 N–H and O–H groups in total. The standard InChI is InChI=1S/C7H8O4/c8-6(9)5-3-1-2-4-7(5,10)11/h1-5,10-11H,(H,8,9). The lowest BCUT2D eigenvalue weighted by molar-refractivity contribution is -0.176. The highest BCUT2D eigenvalue weighted by atomic mass is 16.5. The summed E-state index contributed by atoms with van der Waals surface area (Å²) in [7, 11) is 0. The molecular weight excluding hydrogens is 148 g/mol. The lowest BCUT2D eigenvalue weighted by atomic mass is 9.94. The molecule has 0 spiro atoms. The Morgan fingerprint density at radius 2 is 2.00 bits per heavy atom. The van der Waals surface area contributed by atoms with Gasteiger partial charge in [0.2, 0.25) is 0 Å². The predicted molar refractivity (Wildman–Crippen MR) is 36.6 cm³/mol. The monoisotopic (exact) mass is 156 g/mol. The first-order chi connectivity index (χ1) is 5.04. The average Bonchev–Trinajstić information content (AvgIpc) is 1.85. The van der Waals surface area contributed by atoms with Crippen LogP contribution in [-0.4, -0.2) is 27.1 Å². The summed E-state index contributed by atoms with van der Waals surface area (Å²) in [5.74, 6) is -4.77. The van der Waals surface area contributed by atoms with Gasteiger partial charge in [0, 0.05) is 0 Å². The number of carboxylic acid groups (broad SMARTS) is 1. The Balaban J connectivity index is 2.89. The second kappa shape index (κ2) is 2.48. The molecule has 0 bridgehead atoms. The predicted octanol–water partition coefficient (Wildman–Crippen LogP) is -0.506. The molecule has 0 saturated heterocycles. The fourth-order valence-electron chi connectivity index (χ4n) is 0.882. The van der Waals surface area contributed by atoms with Crippen LogP contribution in [0.3, 0.4) is 0 Å². The van der Waals surface area contributed by atoms with Gasteiger partial charge in [-0.25, -0.2) is 0 Å². The maximum Gasteiger partial charge on any atom is 0.316 e. The van der Waals surface area contributed by atoms with Crippen LogP contribution in [0.25, 0.3) is 0 Å². The molecule has 0 saturated carbocycles. The molecular formula is C7H8O4. The number of rotatable bonds is 1. The molecule has 4 heteroatoms. The molecule has 0 fully saturated rings. The smallest absolute Gasteiger partial charge is 0.316 e. The zero-order valence-corrected chi connectivity index (χ0v) is 5.64. The highest BCUT2D eigenvalue weighted by molar-refractivity contribution is 5.74. The van der Waals surface area contributed by atoms with E-state index in [1.807, 2.05) is 0 Å². The van der Waals surface area contributed by atoms with Gasteiger partial charge in [-0.1, -0.05) is 18.2 Å². The Bertz CT molecular complexity index is 227. The van der Waals surface area contributed by atoms with Crippen LogP contribution in [-0.2, 0) is 4.79 Å². The second-order valence-corrected chi connectivity index (χ2v) is 2.34. The Morgan fingerprint density at radius 1 is 1.36 bits per heavy atom. The van der Waals surface area contributed by atoms with Crippen molar-refractivity contribution in [3.8, 4) is 0 Å². The summed E-state index contributed by atoms with van der Waals surface area (Å²) >= 11 is 0. The number of hydrogen-bond acceptors (Lipinski definition) is 3. The summed E-state index contributed by atoms with van der Waals surface area (Å²) in [6.45, 7) is 0. The molecule has 4 nitrogen and oxygen atoms in total. The number of aliphatic hydroxyl groups is 2. The fraction of sp³-hybridized carbons (Fsp3) is 0.286. The molecule has 1 aliphatic carbocycles. The van der Waals surface area contributed by atoms with Crippen LogP contribution in [0.15, 0.2) is 24.3 Å². The lowest BCUT2D eigenvalue weighted by Gasteiger charge is -2.24. The van der Waals surface area contributed by atoms with Gasteiger partial charge in [0.05, 0.1) is 0 Å². The summed E-state index contributed by atoms with van der Waals surface area (Å²) in [5, 5.41) is 26.6. The first-order valence-electron chi connectivity index (χ1n) is 3.07. The van der Waals surface area contributed by atoms with Crippen molar-refractivity contribution in [2.45, 2.75) is 5.79 Å². The highest BCUT2D eigenvalue weighted by Crippen LogP contribution is 2.21. The fourth-order valence-corrected chi connectivity index (χ4v) is 0.882. The van der Waals surface area contributed by atoms with Gasteiger partial charge in [-0.2, -0.15) is 0 Å². The molecule has 0 aliphatic heterocycles. The molecule has 1 aliphatic rings. The van der Waals surface area contributed by atoms with Crippen LogP contribution in [0.2, 0.25) is 0 Å². The van der Waals surface area contributed by atoms with Crippen molar-refractivity contribution in [1.82, 2.24) is 0 Å². The Hall–Kier alpha value is -1.13. The minimum atomic E-state index is -2.25. The second-order valence-electron chi connectivity index (χ2n) is 2.34. The average molecular weight is 156 g/mol. The van der Waals surface area contributed by atoms with Gasteiger partial charge in [0.25, 0.3) is 0 Å². The van der Waals surface area contributed by atoms with Crippen molar-refractivity contribution < 1.29 is 20.1 Å². The molecule has 1 rings (SSSR count). The summed E-state index contributed by atoms with van der Waals surface area (Å²) in [4.78, 5) is 10.4. The molecule has 0 aromatic carbocycles. The summed E-state index contributed by atoms with van der Waals surface area (Å²) in [5.41, 5.74) is 0. The molecule has 0 radical (unpaired) electrons. The van der Waals surface area contributed by atoms with E-state index in [1.54, 1.807) is 0 Å². The van der Waals surface area contributed by atoms with Crippen molar-refractivity contribution in [2.24, 2.45) is 5.92 Å².